The van der Waals surface area contributed by atoms with Gasteiger partial charge in [-0.3, -0.25) is 4.99 Å². The SMILES string of the molecule is CC(CO)CN=C(N)N1CCN(c2ccc(Cl)cc2)CC1. The molecule has 1 heterocycles. The van der Waals surface area contributed by atoms with Crippen molar-refractivity contribution in [2.24, 2.45) is 16.6 Å². The zero-order chi connectivity index (χ0) is 15.2. The number of hydrogen-bond acceptors (Lipinski definition) is 3. The van der Waals surface area contributed by atoms with Crippen LogP contribution in [0.3, 0.4) is 0 Å². The Balaban J connectivity index is 1.86. The number of aliphatic hydroxyl groups excluding tert-OH is 1. The summed E-state index contributed by atoms with van der Waals surface area (Å²) in [4.78, 5) is 8.76. The summed E-state index contributed by atoms with van der Waals surface area (Å²) in [6, 6.07) is 7.90. The summed E-state index contributed by atoms with van der Waals surface area (Å²) in [7, 11) is 0. The van der Waals surface area contributed by atoms with Crippen molar-refractivity contribution in [2.45, 2.75) is 6.92 Å². The molecule has 1 atom stereocenters. The molecule has 0 saturated carbocycles. The Morgan fingerprint density at radius 1 is 1.29 bits per heavy atom. The lowest BCUT2D eigenvalue weighted by Gasteiger charge is -2.36. The second-order valence-corrected chi connectivity index (χ2v) is 5.87. The zero-order valence-electron chi connectivity index (χ0n) is 12.4. The van der Waals surface area contributed by atoms with E-state index in [9.17, 15) is 0 Å². The average Bonchev–Trinajstić information content (AvgIpc) is 2.53. The molecule has 1 unspecified atom stereocenters. The van der Waals surface area contributed by atoms with Gasteiger partial charge >= 0.3 is 0 Å². The molecule has 0 spiro atoms. The van der Waals surface area contributed by atoms with E-state index in [1.807, 2.05) is 31.2 Å². The summed E-state index contributed by atoms with van der Waals surface area (Å²) in [5.74, 6) is 0.727. The topological polar surface area (TPSA) is 65.1 Å². The highest BCUT2D eigenvalue weighted by molar-refractivity contribution is 6.30. The maximum atomic E-state index is 9.00. The molecule has 0 aromatic heterocycles. The third kappa shape index (κ3) is 4.51. The van der Waals surface area contributed by atoms with E-state index in [1.165, 1.54) is 5.69 Å². The lowest BCUT2D eigenvalue weighted by molar-refractivity contribution is 0.241. The molecule has 6 heteroatoms. The van der Waals surface area contributed by atoms with Gasteiger partial charge in [-0.1, -0.05) is 18.5 Å². The van der Waals surface area contributed by atoms with Crippen LogP contribution in [0.25, 0.3) is 0 Å². The van der Waals surface area contributed by atoms with Crippen LogP contribution in [0.4, 0.5) is 5.69 Å². The zero-order valence-corrected chi connectivity index (χ0v) is 13.1. The number of piperazine rings is 1. The van der Waals surface area contributed by atoms with Crippen LogP contribution >= 0.6 is 11.6 Å². The quantitative estimate of drug-likeness (QED) is 0.652. The van der Waals surface area contributed by atoms with Gasteiger partial charge in [0.05, 0.1) is 0 Å². The number of aliphatic hydroxyl groups is 1. The molecule has 1 aromatic carbocycles. The number of aliphatic imine (C=N–C) groups is 1. The molecule has 2 rings (SSSR count). The molecule has 0 amide bonds. The Morgan fingerprint density at radius 3 is 2.48 bits per heavy atom. The number of halogens is 1. The number of anilines is 1. The highest BCUT2D eigenvalue weighted by atomic mass is 35.5. The predicted octanol–water partition coefficient (Wildman–Crippen LogP) is 1.41. The fraction of sp³-hybridized carbons (Fsp3) is 0.533. The van der Waals surface area contributed by atoms with Gasteiger partial charge in [0.25, 0.3) is 0 Å². The highest BCUT2D eigenvalue weighted by Gasteiger charge is 2.18. The Bertz CT molecular complexity index is 469. The molecular formula is C15H23ClN4O. The van der Waals surface area contributed by atoms with Crippen LogP contribution in [-0.2, 0) is 0 Å². The molecule has 1 aliphatic rings. The number of rotatable bonds is 4. The summed E-state index contributed by atoms with van der Waals surface area (Å²) in [5, 5.41) is 9.75. The average molecular weight is 311 g/mol. The van der Waals surface area contributed by atoms with Gasteiger partial charge in [0.2, 0.25) is 0 Å². The van der Waals surface area contributed by atoms with Crippen LogP contribution in [-0.4, -0.2) is 55.3 Å². The Morgan fingerprint density at radius 2 is 1.90 bits per heavy atom. The summed E-state index contributed by atoms with van der Waals surface area (Å²) in [6.45, 7) is 6.19. The van der Waals surface area contributed by atoms with Crippen molar-refractivity contribution in [1.82, 2.24) is 4.90 Å². The minimum Gasteiger partial charge on any atom is -0.396 e. The number of hydrogen-bond donors (Lipinski definition) is 2. The summed E-state index contributed by atoms with van der Waals surface area (Å²) in [6.07, 6.45) is 0. The maximum Gasteiger partial charge on any atom is 0.191 e. The minimum absolute atomic E-state index is 0.140. The normalized spacial score (nSPS) is 18.0. The van der Waals surface area contributed by atoms with Crippen LogP contribution < -0.4 is 10.6 Å². The third-order valence-electron chi connectivity index (χ3n) is 3.67. The van der Waals surface area contributed by atoms with E-state index in [0.717, 1.165) is 31.2 Å². The fourth-order valence-electron chi connectivity index (χ4n) is 2.25. The van der Waals surface area contributed by atoms with Crippen molar-refractivity contribution in [2.75, 3.05) is 44.2 Å². The first kappa shape index (κ1) is 15.9. The molecule has 5 nitrogen and oxygen atoms in total. The molecule has 0 bridgehead atoms. The second-order valence-electron chi connectivity index (χ2n) is 5.44. The van der Waals surface area contributed by atoms with E-state index in [2.05, 4.69) is 14.8 Å². The summed E-state index contributed by atoms with van der Waals surface area (Å²) >= 11 is 5.91. The Labute approximate surface area is 131 Å². The molecule has 1 saturated heterocycles. The van der Waals surface area contributed by atoms with Crippen molar-refractivity contribution >= 4 is 23.2 Å². The summed E-state index contributed by atoms with van der Waals surface area (Å²) < 4.78 is 0. The third-order valence-corrected chi connectivity index (χ3v) is 3.92. The number of benzene rings is 1. The van der Waals surface area contributed by atoms with Crippen molar-refractivity contribution in [3.63, 3.8) is 0 Å². The fourth-order valence-corrected chi connectivity index (χ4v) is 2.38. The Kier molecular flexibility index (Phi) is 5.70. The van der Waals surface area contributed by atoms with Crippen LogP contribution in [0.5, 0.6) is 0 Å². The van der Waals surface area contributed by atoms with Crippen molar-refractivity contribution in [1.29, 1.82) is 0 Å². The number of nitrogens with two attached hydrogens (primary N) is 1. The second kappa shape index (κ2) is 7.52. The first-order valence-corrected chi connectivity index (χ1v) is 7.64. The van der Waals surface area contributed by atoms with Gasteiger partial charge in [-0.05, 0) is 30.2 Å². The van der Waals surface area contributed by atoms with E-state index in [0.29, 0.717) is 12.5 Å². The van der Waals surface area contributed by atoms with Gasteiger partial charge in [-0.15, -0.1) is 0 Å². The van der Waals surface area contributed by atoms with Gasteiger partial charge in [0.1, 0.15) is 0 Å². The molecule has 0 radical (unpaired) electrons. The lowest BCUT2D eigenvalue weighted by atomic mass is 10.2. The van der Waals surface area contributed by atoms with Crippen LogP contribution in [0.2, 0.25) is 5.02 Å². The molecule has 1 aliphatic heterocycles. The van der Waals surface area contributed by atoms with E-state index in [-0.39, 0.29) is 12.5 Å². The largest absolute Gasteiger partial charge is 0.396 e. The van der Waals surface area contributed by atoms with Crippen LogP contribution in [0, 0.1) is 5.92 Å². The first-order valence-electron chi connectivity index (χ1n) is 7.26. The van der Waals surface area contributed by atoms with Gasteiger partial charge in [0, 0.05) is 50.0 Å². The number of guanidine groups is 1. The van der Waals surface area contributed by atoms with Crippen molar-refractivity contribution < 1.29 is 5.11 Å². The Hall–Kier alpha value is -1.46. The van der Waals surface area contributed by atoms with Crippen LogP contribution in [0.1, 0.15) is 6.92 Å². The molecule has 21 heavy (non-hydrogen) atoms. The van der Waals surface area contributed by atoms with E-state index >= 15 is 0 Å². The smallest absolute Gasteiger partial charge is 0.191 e. The standard InChI is InChI=1S/C15H23ClN4O/c1-12(11-21)10-18-15(17)20-8-6-19(7-9-20)14-4-2-13(16)3-5-14/h2-5,12,21H,6-11H2,1H3,(H2,17,18). The van der Waals surface area contributed by atoms with Gasteiger partial charge in [0.15, 0.2) is 5.96 Å². The van der Waals surface area contributed by atoms with Gasteiger partial charge in [-0.2, -0.15) is 0 Å². The maximum absolute atomic E-state index is 9.00. The van der Waals surface area contributed by atoms with Gasteiger partial charge in [-0.25, -0.2) is 0 Å². The lowest BCUT2D eigenvalue weighted by Crippen LogP contribution is -2.51. The van der Waals surface area contributed by atoms with E-state index in [4.69, 9.17) is 22.4 Å². The van der Waals surface area contributed by atoms with E-state index < -0.39 is 0 Å². The minimum atomic E-state index is 0.140. The monoisotopic (exact) mass is 310 g/mol. The molecule has 3 N–H and O–H groups in total. The predicted molar refractivity (Wildman–Crippen MR) is 88.0 cm³/mol. The molecule has 116 valence electrons. The van der Waals surface area contributed by atoms with Crippen molar-refractivity contribution in [3.8, 4) is 0 Å². The van der Waals surface area contributed by atoms with E-state index in [1.54, 1.807) is 0 Å². The molecule has 1 fully saturated rings. The van der Waals surface area contributed by atoms with Gasteiger partial charge < -0.3 is 20.6 Å². The molecular weight excluding hydrogens is 288 g/mol. The van der Waals surface area contributed by atoms with Crippen molar-refractivity contribution in [3.05, 3.63) is 29.3 Å². The number of nitrogens with zero attached hydrogens (tertiary/aromatic N) is 3. The molecule has 0 aliphatic carbocycles. The molecule has 1 aromatic rings. The summed E-state index contributed by atoms with van der Waals surface area (Å²) in [5.41, 5.74) is 7.20. The van der Waals surface area contributed by atoms with Crippen LogP contribution in [0.15, 0.2) is 29.3 Å². The highest BCUT2D eigenvalue weighted by Crippen LogP contribution is 2.19. The first-order chi connectivity index (χ1) is 10.1.